The first-order valence-electron chi connectivity index (χ1n) is 2.39. The summed E-state index contributed by atoms with van der Waals surface area (Å²) in [7, 11) is 0. The highest BCUT2D eigenvalue weighted by Crippen LogP contribution is 2.05. The molecular formula is C6H8N2. The first kappa shape index (κ1) is 4.97. The van der Waals surface area contributed by atoms with Crippen LogP contribution in [0.5, 0.6) is 0 Å². The summed E-state index contributed by atoms with van der Waals surface area (Å²) >= 11 is 0. The van der Waals surface area contributed by atoms with E-state index < -0.39 is 0 Å². The van der Waals surface area contributed by atoms with Crippen molar-refractivity contribution >= 4 is 12.2 Å². The lowest BCUT2D eigenvalue weighted by molar-refractivity contribution is 0.927. The number of H-pyrrole nitrogens is 2. The summed E-state index contributed by atoms with van der Waals surface area (Å²) in [5.74, 6) is 0. The van der Waals surface area contributed by atoms with Gasteiger partial charge in [-0.15, -0.1) is 0 Å². The molecule has 1 heterocycles. The molecule has 0 fully saturated rings. The molecule has 0 aliphatic rings. The van der Waals surface area contributed by atoms with E-state index in [0.29, 0.717) is 0 Å². The van der Waals surface area contributed by atoms with Crippen LogP contribution in [0.15, 0.2) is 13.2 Å². The maximum atomic E-state index is 3.57. The zero-order valence-electron chi connectivity index (χ0n) is 4.57. The number of aromatic nitrogens is 2. The third-order valence-corrected chi connectivity index (χ3v) is 1.03. The van der Waals surface area contributed by atoms with Gasteiger partial charge in [-0.25, -0.2) is 0 Å². The first-order chi connectivity index (χ1) is 3.88. The molecule has 8 heavy (non-hydrogen) atoms. The lowest BCUT2D eigenvalue weighted by Crippen LogP contribution is -1.98. The molecule has 1 rings (SSSR count). The van der Waals surface area contributed by atoms with E-state index >= 15 is 0 Å². The maximum absolute atomic E-state index is 3.57. The Morgan fingerprint density at radius 2 is 1.38 bits per heavy atom. The highest BCUT2D eigenvalue weighted by molar-refractivity contribution is 5.57. The maximum Gasteiger partial charge on any atom is 0.0783 e. The summed E-state index contributed by atoms with van der Waals surface area (Å²) in [6, 6.07) is 0. The van der Waals surface area contributed by atoms with Gasteiger partial charge in [-0.1, -0.05) is 13.2 Å². The Hall–Kier alpha value is -1.18. The molecule has 1 aromatic rings. The fourth-order valence-corrected chi connectivity index (χ4v) is 0.529. The molecule has 0 spiro atoms. The van der Waals surface area contributed by atoms with Crippen LogP contribution in [0.4, 0.5) is 0 Å². The van der Waals surface area contributed by atoms with Crippen LogP contribution >= 0.6 is 0 Å². The van der Waals surface area contributed by atoms with Gasteiger partial charge in [-0.3, -0.25) is 10.2 Å². The van der Waals surface area contributed by atoms with E-state index in [0.717, 1.165) is 11.4 Å². The molecule has 0 aliphatic carbocycles. The Morgan fingerprint density at radius 1 is 1.00 bits per heavy atom. The summed E-state index contributed by atoms with van der Waals surface area (Å²) in [5, 5.41) is 5.67. The number of nitrogens with one attached hydrogen (secondary N) is 2. The Balaban J connectivity index is 2.86. The van der Waals surface area contributed by atoms with E-state index in [-0.39, 0.29) is 0 Å². The monoisotopic (exact) mass is 108 g/mol. The summed E-state index contributed by atoms with van der Waals surface area (Å²) in [4.78, 5) is 0. The van der Waals surface area contributed by atoms with Gasteiger partial charge in [0.15, 0.2) is 0 Å². The molecule has 0 bridgehead atoms. The van der Waals surface area contributed by atoms with Crippen LogP contribution in [0.25, 0.3) is 12.2 Å². The molecule has 2 N–H and O–H groups in total. The normalized spacial score (nSPS) is 9.00. The minimum Gasteiger partial charge on any atom is -0.299 e. The van der Waals surface area contributed by atoms with Gasteiger partial charge in [0.05, 0.1) is 11.4 Å². The average molecular weight is 108 g/mol. The number of hydrogen-bond donors (Lipinski definition) is 2. The Kier molecular flexibility index (Phi) is 1.08. The summed E-state index contributed by atoms with van der Waals surface area (Å²) in [5.41, 5.74) is 2.03. The molecule has 0 radical (unpaired) electrons. The van der Waals surface area contributed by atoms with Gasteiger partial charge in [-0.2, -0.15) is 0 Å². The molecule has 0 unspecified atom stereocenters. The molecule has 42 valence electrons. The van der Waals surface area contributed by atoms with Crippen LogP contribution in [0, 0.1) is 0 Å². The van der Waals surface area contributed by atoms with Crippen molar-refractivity contribution in [2.75, 3.05) is 0 Å². The van der Waals surface area contributed by atoms with Crippen molar-refractivity contribution in [3.05, 3.63) is 24.5 Å². The van der Waals surface area contributed by atoms with Gasteiger partial charge >= 0.3 is 0 Å². The van der Waals surface area contributed by atoms with E-state index in [4.69, 9.17) is 0 Å². The van der Waals surface area contributed by atoms with Crippen molar-refractivity contribution in [3.8, 4) is 0 Å². The van der Waals surface area contributed by atoms with Gasteiger partial charge in [0.2, 0.25) is 0 Å². The molecule has 0 saturated heterocycles. The standard InChI is InChI=1S/C6H8N2/c1-3-5-6(4-2)8-7-5/h3-4,7-8H,1-2H2. The fraction of sp³-hybridized carbons (Fsp3) is 0. The smallest absolute Gasteiger partial charge is 0.0783 e. The van der Waals surface area contributed by atoms with Gasteiger partial charge in [0.25, 0.3) is 0 Å². The number of hydrogen-bond acceptors (Lipinski definition) is 0. The van der Waals surface area contributed by atoms with Crippen molar-refractivity contribution in [3.63, 3.8) is 0 Å². The van der Waals surface area contributed by atoms with Crippen molar-refractivity contribution in [2.45, 2.75) is 0 Å². The molecule has 2 heteroatoms. The molecule has 0 atom stereocenters. The Morgan fingerprint density at radius 3 is 1.50 bits per heavy atom. The van der Waals surface area contributed by atoms with Gasteiger partial charge in [0.1, 0.15) is 0 Å². The second kappa shape index (κ2) is 1.74. The van der Waals surface area contributed by atoms with Crippen LogP contribution in [-0.2, 0) is 0 Å². The molecule has 0 saturated carbocycles. The molecular weight excluding hydrogens is 100 g/mol. The van der Waals surface area contributed by atoms with Crippen molar-refractivity contribution < 1.29 is 0 Å². The molecule has 2 nitrogen and oxygen atoms in total. The number of aromatic amines is 2. The second-order valence-corrected chi connectivity index (χ2v) is 1.49. The molecule has 0 aromatic carbocycles. The second-order valence-electron chi connectivity index (χ2n) is 1.49. The zero-order chi connectivity index (χ0) is 5.98. The van der Waals surface area contributed by atoms with Crippen LogP contribution in [0.2, 0.25) is 0 Å². The summed E-state index contributed by atoms with van der Waals surface area (Å²) in [6.07, 6.45) is 3.49. The lowest BCUT2D eigenvalue weighted by atomic mass is 10.3. The molecule has 1 aromatic heterocycles. The quantitative estimate of drug-likeness (QED) is 0.577. The van der Waals surface area contributed by atoms with Crippen LogP contribution < -0.4 is 0 Å². The van der Waals surface area contributed by atoms with E-state index in [2.05, 4.69) is 23.4 Å². The average Bonchev–Trinajstić information content (AvgIpc) is 1.66. The van der Waals surface area contributed by atoms with Crippen LogP contribution in [0.1, 0.15) is 11.4 Å². The minimum atomic E-state index is 1.01. The largest absolute Gasteiger partial charge is 0.299 e. The van der Waals surface area contributed by atoms with Gasteiger partial charge in [-0.05, 0) is 12.2 Å². The van der Waals surface area contributed by atoms with Crippen molar-refractivity contribution in [1.82, 2.24) is 10.2 Å². The third kappa shape index (κ3) is 0.503. The van der Waals surface area contributed by atoms with E-state index in [1.165, 1.54) is 0 Å². The van der Waals surface area contributed by atoms with Crippen LogP contribution in [0.3, 0.4) is 0 Å². The van der Waals surface area contributed by atoms with E-state index in [9.17, 15) is 0 Å². The van der Waals surface area contributed by atoms with Crippen LogP contribution in [-0.4, -0.2) is 10.2 Å². The van der Waals surface area contributed by atoms with Gasteiger partial charge < -0.3 is 0 Å². The third-order valence-electron chi connectivity index (χ3n) is 1.03. The molecule has 0 amide bonds. The summed E-state index contributed by atoms with van der Waals surface area (Å²) < 4.78 is 0. The Labute approximate surface area is 47.9 Å². The number of rotatable bonds is 2. The topological polar surface area (TPSA) is 31.6 Å². The van der Waals surface area contributed by atoms with E-state index in [1.807, 2.05) is 0 Å². The first-order valence-corrected chi connectivity index (χ1v) is 2.39. The summed E-state index contributed by atoms with van der Waals surface area (Å²) in [6.45, 7) is 7.15. The lowest BCUT2D eigenvalue weighted by Gasteiger charge is -2.04. The fourth-order valence-electron chi connectivity index (χ4n) is 0.529. The van der Waals surface area contributed by atoms with Crippen molar-refractivity contribution in [2.24, 2.45) is 0 Å². The van der Waals surface area contributed by atoms with Gasteiger partial charge in [0, 0.05) is 0 Å². The molecule has 0 aliphatic heterocycles. The minimum absolute atomic E-state index is 1.01. The highest BCUT2D eigenvalue weighted by Gasteiger charge is 1.94. The van der Waals surface area contributed by atoms with E-state index in [1.54, 1.807) is 12.2 Å². The SMILES string of the molecule is C=Cc1[nH][nH]c1C=C. The highest BCUT2D eigenvalue weighted by atomic mass is 15.2. The Bertz CT molecular complexity index is 171. The predicted molar refractivity (Wildman–Crippen MR) is 35.3 cm³/mol. The van der Waals surface area contributed by atoms with Crippen molar-refractivity contribution in [1.29, 1.82) is 0 Å². The zero-order valence-corrected chi connectivity index (χ0v) is 4.57. The predicted octanol–water partition coefficient (Wildman–Crippen LogP) is 1.63.